The van der Waals surface area contributed by atoms with Gasteiger partial charge in [-0.3, -0.25) is 4.90 Å². The van der Waals surface area contributed by atoms with E-state index in [0.717, 1.165) is 0 Å². The number of rotatable bonds is 1. The van der Waals surface area contributed by atoms with E-state index in [4.69, 9.17) is 0 Å². The summed E-state index contributed by atoms with van der Waals surface area (Å²) >= 11 is 0. The van der Waals surface area contributed by atoms with Gasteiger partial charge < -0.3 is 0 Å². The molecule has 4 heteroatoms. The van der Waals surface area contributed by atoms with Gasteiger partial charge in [-0.15, -0.1) is 0 Å². The SMILES string of the molecule is CC(C)N1CC(C(F)(F)F)C[C@H]1C. The summed E-state index contributed by atoms with van der Waals surface area (Å²) in [6.45, 7) is 5.92. The fraction of sp³-hybridized carbons (Fsp3) is 1.00. The van der Waals surface area contributed by atoms with Crippen LogP contribution in [0.4, 0.5) is 13.2 Å². The molecule has 1 rings (SSSR count). The predicted molar refractivity (Wildman–Crippen MR) is 45.5 cm³/mol. The van der Waals surface area contributed by atoms with Gasteiger partial charge in [0.25, 0.3) is 0 Å². The maximum atomic E-state index is 12.3. The Hall–Kier alpha value is -0.250. The van der Waals surface area contributed by atoms with Crippen molar-refractivity contribution in [3.8, 4) is 0 Å². The Morgan fingerprint density at radius 3 is 2.08 bits per heavy atom. The van der Waals surface area contributed by atoms with Crippen LogP contribution < -0.4 is 0 Å². The molecule has 1 aliphatic rings. The van der Waals surface area contributed by atoms with E-state index in [1.165, 1.54) is 0 Å². The van der Waals surface area contributed by atoms with Crippen LogP contribution in [0.5, 0.6) is 0 Å². The highest BCUT2D eigenvalue weighted by Crippen LogP contribution is 2.36. The van der Waals surface area contributed by atoms with Crippen LogP contribution in [0, 0.1) is 5.92 Å². The normalized spacial score (nSPS) is 31.6. The summed E-state index contributed by atoms with van der Waals surface area (Å²) in [6, 6.07) is 0.272. The van der Waals surface area contributed by atoms with Gasteiger partial charge in [0.2, 0.25) is 0 Å². The lowest BCUT2D eigenvalue weighted by atomic mass is 10.1. The second kappa shape index (κ2) is 3.48. The first-order valence-corrected chi connectivity index (χ1v) is 4.65. The van der Waals surface area contributed by atoms with Gasteiger partial charge in [0.05, 0.1) is 5.92 Å². The number of hydrogen-bond donors (Lipinski definition) is 0. The van der Waals surface area contributed by atoms with Crippen LogP contribution in [-0.4, -0.2) is 29.7 Å². The van der Waals surface area contributed by atoms with E-state index in [9.17, 15) is 13.2 Å². The molecule has 1 aliphatic heterocycles. The van der Waals surface area contributed by atoms with E-state index in [-0.39, 0.29) is 25.0 Å². The summed E-state index contributed by atoms with van der Waals surface area (Å²) in [7, 11) is 0. The summed E-state index contributed by atoms with van der Waals surface area (Å²) in [4.78, 5) is 1.91. The molecule has 0 aliphatic carbocycles. The first-order valence-electron chi connectivity index (χ1n) is 4.65. The Morgan fingerprint density at radius 2 is 1.85 bits per heavy atom. The molecule has 0 aromatic carbocycles. The van der Waals surface area contributed by atoms with E-state index in [1.54, 1.807) is 0 Å². The molecule has 1 unspecified atom stereocenters. The van der Waals surface area contributed by atoms with Crippen LogP contribution in [0.25, 0.3) is 0 Å². The second-order valence-electron chi connectivity index (χ2n) is 4.11. The van der Waals surface area contributed by atoms with Crippen molar-refractivity contribution in [2.24, 2.45) is 5.92 Å². The number of halogens is 3. The average Bonchev–Trinajstić information content (AvgIpc) is 2.29. The van der Waals surface area contributed by atoms with E-state index in [0.29, 0.717) is 0 Å². The monoisotopic (exact) mass is 195 g/mol. The number of hydrogen-bond acceptors (Lipinski definition) is 1. The van der Waals surface area contributed by atoms with Crippen LogP contribution in [0.1, 0.15) is 27.2 Å². The maximum Gasteiger partial charge on any atom is 0.393 e. The Labute approximate surface area is 76.9 Å². The fourth-order valence-corrected chi connectivity index (χ4v) is 2.01. The topological polar surface area (TPSA) is 3.24 Å². The quantitative estimate of drug-likeness (QED) is 0.621. The van der Waals surface area contributed by atoms with Crippen molar-refractivity contribution in [1.82, 2.24) is 4.90 Å². The minimum absolute atomic E-state index is 0.0617. The predicted octanol–water partition coefficient (Wildman–Crippen LogP) is 2.67. The third-order valence-corrected chi connectivity index (χ3v) is 2.75. The molecular formula is C9H16F3N. The van der Waals surface area contributed by atoms with Gasteiger partial charge in [-0.25, -0.2) is 0 Å². The zero-order chi connectivity index (χ0) is 10.2. The van der Waals surface area contributed by atoms with Gasteiger partial charge in [-0.2, -0.15) is 13.2 Å². The highest BCUT2D eigenvalue weighted by atomic mass is 19.4. The van der Waals surface area contributed by atoms with Crippen LogP contribution in [0.3, 0.4) is 0 Å². The standard InChI is InChI=1S/C9H16F3N/c1-6(2)13-5-8(4-7(13)3)9(10,11)12/h6-8H,4-5H2,1-3H3/t7-,8?/m1/s1. The molecule has 0 spiro atoms. The molecule has 0 aromatic rings. The molecule has 0 saturated carbocycles. The zero-order valence-electron chi connectivity index (χ0n) is 8.23. The Balaban J connectivity index is 2.60. The van der Waals surface area contributed by atoms with Crippen LogP contribution in [-0.2, 0) is 0 Å². The van der Waals surface area contributed by atoms with Crippen molar-refractivity contribution in [3.05, 3.63) is 0 Å². The van der Waals surface area contributed by atoms with E-state index in [1.807, 2.05) is 25.7 Å². The minimum Gasteiger partial charge on any atom is -0.298 e. The Morgan fingerprint density at radius 1 is 1.31 bits per heavy atom. The van der Waals surface area contributed by atoms with Crippen molar-refractivity contribution < 1.29 is 13.2 Å². The van der Waals surface area contributed by atoms with Crippen molar-refractivity contribution in [2.75, 3.05) is 6.54 Å². The number of nitrogens with zero attached hydrogens (tertiary/aromatic N) is 1. The summed E-state index contributed by atoms with van der Waals surface area (Å²) in [6.07, 6.45) is -3.76. The molecule has 0 aromatic heterocycles. The lowest BCUT2D eigenvalue weighted by Gasteiger charge is -2.25. The molecular weight excluding hydrogens is 179 g/mol. The first kappa shape index (κ1) is 10.8. The molecule has 1 nitrogen and oxygen atoms in total. The minimum atomic E-state index is -4.02. The van der Waals surface area contributed by atoms with Crippen LogP contribution in [0.15, 0.2) is 0 Å². The van der Waals surface area contributed by atoms with E-state index in [2.05, 4.69) is 0 Å². The Bertz CT molecular complexity index is 176. The summed E-state index contributed by atoms with van der Waals surface area (Å²) in [5.41, 5.74) is 0. The third-order valence-electron chi connectivity index (χ3n) is 2.75. The smallest absolute Gasteiger partial charge is 0.298 e. The molecule has 0 N–H and O–H groups in total. The molecule has 78 valence electrons. The highest BCUT2D eigenvalue weighted by Gasteiger charge is 2.46. The van der Waals surface area contributed by atoms with Gasteiger partial charge >= 0.3 is 6.18 Å². The zero-order valence-corrected chi connectivity index (χ0v) is 8.23. The van der Waals surface area contributed by atoms with Crippen molar-refractivity contribution in [3.63, 3.8) is 0 Å². The second-order valence-corrected chi connectivity index (χ2v) is 4.11. The average molecular weight is 195 g/mol. The van der Waals surface area contributed by atoms with Gasteiger partial charge in [0, 0.05) is 18.6 Å². The van der Waals surface area contributed by atoms with E-state index >= 15 is 0 Å². The summed E-state index contributed by atoms with van der Waals surface area (Å²) < 4.78 is 37.0. The van der Waals surface area contributed by atoms with Crippen LogP contribution >= 0.6 is 0 Å². The van der Waals surface area contributed by atoms with Crippen molar-refractivity contribution in [1.29, 1.82) is 0 Å². The number of likely N-dealkylation sites (tertiary alicyclic amines) is 1. The molecule has 13 heavy (non-hydrogen) atoms. The maximum absolute atomic E-state index is 12.3. The number of alkyl halides is 3. The van der Waals surface area contributed by atoms with Gasteiger partial charge in [0.15, 0.2) is 0 Å². The Kier molecular flexibility index (Phi) is 2.90. The highest BCUT2D eigenvalue weighted by molar-refractivity contribution is 4.87. The third kappa shape index (κ3) is 2.36. The first-order chi connectivity index (χ1) is 5.82. The van der Waals surface area contributed by atoms with Gasteiger partial charge in [-0.1, -0.05) is 0 Å². The molecule has 1 fully saturated rings. The fourth-order valence-electron chi connectivity index (χ4n) is 2.01. The van der Waals surface area contributed by atoms with Crippen LogP contribution in [0.2, 0.25) is 0 Å². The summed E-state index contributed by atoms with van der Waals surface area (Å²) in [5, 5.41) is 0. The molecule has 1 heterocycles. The lowest BCUT2D eigenvalue weighted by molar-refractivity contribution is -0.170. The van der Waals surface area contributed by atoms with E-state index < -0.39 is 12.1 Å². The molecule has 0 amide bonds. The lowest BCUT2D eigenvalue weighted by Crippen LogP contribution is -2.35. The summed E-state index contributed by atoms with van der Waals surface area (Å²) in [5.74, 6) is -1.12. The molecule has 0 radical (unpaired) electrons. The van der Waals surface area contributed by atoms with Crippen molar-refractivity contribution in [2.45, 2.75) is 45.5 Å². The largest absolute Gasteiger partial charge is 0.393 e. The molecule has 2 atom stereocenters. The van der Waals surface area contributed by atoms with Gasteiger partial charge in [-0.05, 0) is 27.2 Å². The van der Waals surface area contributed by atoms with Crippen molar-refractivity contribution >= 4 is 0 Å². The molecule has 1 saturated heterocycles. The molecule has 0 bridgehead atoms. The van der Waals surface area contributed by atoms with Gasteiger partial charge in [0.1, 0.15) is 0 Å².